The maximum absolute atomic E-state index is 11.0. The fraction of sp³-hybridized carbons (Fsp3) is 0.850. The number of carbonyl (C=O) groups excluding carboxylic acids is 1. The summed E-state index contributed by atoms with van der Waals surface area (Å²) in [5.74, 6) is -0.0915. The van der Waals surface area contributed by atoms with E-state index in [1.165, 1.54) is 70.5 Å². The monoisotopic (exact) mass is 326 g/mol. The van der Waals surface area contributed by atoms with Gasteiger partial charge >= 0.3 is 5.97 Å². The molecule has 0 radical (unpaired) electrons. The molecule has 0 rings (SSSR count). The van der Waals surface area contributed by atoms with Crippen LogP contribution in [0.1, 0.15) is 90.4 Å². The van der Waals surface area contributed by atoms with E-state index in [9.17, 15) is 4.79 Å². The third kappa shape index (κ3) is 15.8. The van der Waals surface area contributed by atoms with Crippen molar-refractivity contribution in [2.45, 2.75) is 90.4 Å². The number of unbranched alkanes of at least 4 members (excludes halogenated alkanes) is 9. The lowest BCUT2D eigenvalue weighted by atomic mass is 10.0. The average Bonchev–Trinajstić information content (AvgIpc) is 2.56. The summed E-state index contributed by atoms with van der Waals surface area (Å²) in [6, 6.07) is 0. The van der Waals surface area contributed by atoms with Gasteiger partial charge in [-0.05, 0) is 37.7 Å². The number of carbonyl (C=O) groups is 1. The molecule has 0 bridgehead atoms. The average molecular weight is 327 g/mol. The Morgan fingerprint density at radius 1 is 0.826 bits per heavy atom. The number of hydrogen-bond donors (Lipinski definition) is 0. The Morgan fingerprint density at radius 2 is 1.43 bits per heavy atom. The van der Waals surface area contributed by atoms with Crippen molar-refractivity contribution < 1.29 is 14.3 Å². The van der Waals surface area contributed by atoms with Gasteiger partial charge in [0.1, 0.15) is 0 Å². The Morgan fingerprint density at radius 3 is 2.09 bits per heavy atom. The molecule has 0 N–H and O–H groups in total. The minimum absolute atomic E-state index is 0.0915. The zero-order chi connectivity index (χ0) is 17.2. The van der Waals surface area contributed by atoms with Crippen LogP contribution in [0.3, 0.4) is 0 Å². The van der Waals surface area contributed by atoms with Crippen LogP contribution < -0.4 is 0 Å². The smallest absolute Gasteiger partial charge is 0.305 e. The van der Waals surface area contributed by atoms with E-state index >= 15 is 0 Å². The molecule has 0 spiro atoms. The van der Waals surface area contributed by atoms with E-state index in [-0.39, 0.29) is 5.97 Å². The zero-order valence-corrected chi connectivity index (χ0v) is 15.7. The van der Waals surface area contributed by atoms with Crippen LogP contribution in [0.2, 0.25) is 0 Å². The summed E-state index contributed by atoms with van der Waals surface area (Å²) >= 11 is 0. The van der Waals surface area contributed by atoms with E-state index in [4.69, 9.17) is 4.74 Å². The molecule has 0 aliphatic rings. The molecule has 0 fully saturated rings. The van der Waals surface area contributed by atoms with E-state index in [0.717, 1.165) is 25.9 Å². The van der Waals surface area contributed by atoms with E-state index < -0.39 is 0 Å². The van der Waals surface area contributed by atoms with Gasteiger partial charge in [-0.2, -0.15) is 0 Å². The van der Waals surface area contributed by atoms with Crippen molar-refractivity contribution in [3.05, 3.63) is 11.6 Å². The first-order valence-corrected chi connectivity index (χ1v) is 9.48. The van der Waals surface area contributed by atoms with E-state index in [2.05, 4.69) is 17.7 Å². The Hall–Kier alpha value is -0.830. The Kier molecular flexibility index (Phi) is 16.9. The standard InChI is InChI=1S/C20H38O3/c1-4-5-6-7-9-12-15-19(18-22-2)16-13-10-8-11-14-17-20(21)23-3/h16H,4-15,17-18H2,1-3H3/b19-16-. The highest BCUT2D eigenvalue weighted by atomic mass is 16.5. The van der Waals surface area contributed by atoms with Gasteiger partial charge in [-0.1, -0.05) is 57.9 Å². The second kappa shape index (κ2) is 17.5. The molecule has 0 aromatic rings. The molecule has 136 valence electrons. The van der Waals surface area contributed by atoms with Crippen LogP contribution in [0.25, 0.3) is 0 Å². The van der Waals surface area contributed by atoms with Gasteiger partial charge in [0.15, 0.2) is 0 Å². The highest BCUT2D eigenvalue weighted by molar-refractivity contribution is 5.68. The Bertz CT molecular complexity index is 297. The third-order valence-electron chi connectivity index (χ3n) is 4.18. The molecule has 0 atom stereocenters. The van der Waals surface area contributed by atoms with Crippen LogP contribution in [-0.2, 0) is 14.3 Å². The fourth-order valence-corrected chi connectivity index (χ4v) is 2.73. The van der Waals surface area contributed by atoms with Crippen LogP contribution in [0.5, 0.6) is 0 Å². The van der Waals surface area contributed by atoms with Gasteiger partial charge in [0.2, 0.25) is 0 Å². The van der Waals surface area contributed by atoms with Crippen molar-refractivity contribution in [3.63, 3.8) is 0 Å². The highest BCUT2D eigenvalue weighted by Gasteiger charge is 2.00. The zero-order valence-electron chi connectivity index (χ0n) is 15.7. The second-order valence-electron chi connectivity index (χ2n) is 6.34. The number of ether oxygens (including phenoxy) is 2. The molecule has 0 aliphatic heterocycles. The molecule has 0 aromatic carbocycles. The van der Waals surface area contributed by atoms with Crippen LogP contribution >= 0.6 is 0 Å². The van der Waals surface area contributed by atoms with E-state index in [0.29, 0.717) is 6.42 Å². The second-order valence-corrected chi connectivity index (χ2v) is 6.34. The van der Waals surface area contributed by atoms with Crippen molar-refractivity contribution in [1.82, 2.24) is 0 Å². The number of methoxy groups -OCH3 is 2. The van der Waals surface area contributed by atoms with Crippen LogP contribution in [0.15, 0.2) is 11.6 Å². The van der Waals surface area contributed by atoms with Crippen molar-refractivity contribution in [2.24, 2.45) is 0 Å². The number of esters is 1. The minimum atomic E-state index is -0.0915. The molecule has 0 aliphatic carbocycles. The molecule has 0 aromatic heterocycles. The van der Waals surface area contributed by atoms with Gasteiger partial charge < -0.3 is 9.47 Å². The maximum Gasteiger partial charge on any atom is 0.305 e. The molecular weight excluding hydrogens is 288 g/mol. The molecular formula is C20H38O3. The van der Waals surface area contributed by atoms with Crippen molar-refractivity contribution in [2.75, 3.05) is 20.8 Å². The number of hydrogen-bond acceptors (Lipinski definition) is 3. The normalized spacial score (nSPS) is 11.7. The predicted octanol–water partition coefficient (Wildman–Crippen LogP) is 5.82. The molecule has 0 amide bonds. The van der Waals surface area contributed by atoms with Crippen LogP contribution in [0, 0.1) is 0 Å². The van der Waals surface area contributed by atoms with Gasteiger partial charge in [-0.3, -0.25) is 4.79 Å². The number of allylic oxidation sites excluding steroid dienone is 1. The third-order valence-corrected chi connectivity index (χ3v) is 4.18. The molecule has 0 saturated heterocycles. The van der Waals surface area contributed by atoms with E-state index in [1.807, 2.05) is 0 Å². The van der Waals surface area contributed by atoms with Crippen LogP contribution in [0.4, 0.5) is 0 Å². The first-order valence-electron chi connectivity index (χ1n) is 9.48. The van der Waals surface area contributed by atoms with Gasteiger partial charge in [0.25, 0.3) is 0 Å². The van der Waals surface area contributed by atoms with Crippen LogP contribution in [-0.4, -0.2) is 26.8 Å². The molecule has 0 heterocycles. The lowest BCUT2D eigenvalue weighted by Gasteiger charge is -2.07. The lowest BCUT2D eigenvalue weighted by molar-refractivity contribution is -0.140. The van der Waals surface area contributed by atoms with Gasteiger partial charge in [0, 0.05) is 13.5 Å². The molecule has 0 unspecified atom stereocenters. The molecule has 0 saturated carbocycles. The van der Waals surface area contributed by atoms with E-state index in [1.54, 1.807) is 7.11 Å². The van der Waals surface area contributed by atoms with Crippen molar-refractivity contribution in [1.29, 1.82) is 0 Å². The quantitative estimate of drug-likeness (QED) is 0.203. The summed E-state index contributed by atoms with van der Waals surface area (Å²) in [6.07, 6.45) is 17.7. The predicted molar refractivity (Wildman–Crippen MR) is 97.7 cm³/mol. The van der Waals surface area contributed by atoms with Gasteiger partial charge in [-0.15, -0.1) is 0 Å². The largest absolute Gasteiger partial charge is 0.469 e. The maximum atomic E-state index is 11.0. The number of rotatable bonds is 16. The highest BCUT2D eigenvalue weighted by Crippen LogP contribution is 2.14. The fourth-order valence-electron chi connectivity index (χ4n) is 2.73. The molecule has 23 heavy (non-hydrogen) atoms. The summed E-state index contributed by atoms with van der Waals surface area (Å²) in [4.78, 5) is 11.0. The molecule has 3 heteroatoms. The Balaban J connectivity index is 3.66. The first-order chi connectivity index (χ1) is 11.2. The SMILES string of the molecule is CCCCCCCC/C(=C/CCCCCCC(=O)OC)COC. The van der Waals surface area contributed by atoms with Crippen molar-refractivity contribution in [3.8, 4) is 0 Å². The van der Waals surface area contributed by atoms with Gasteiger partial charge in [-0.25, -0.2) is 0 Å². The Labute approximate surface area is 143 Å². The summed E-state index contributed by atoms with van der Waals surface area (Å²) < 4.78 is 9.96. The lowest BCUT2D eigenvalue weighted by Crippen LogP contribution is -1.99. The minimum Gasteiger partial charge on any atom is -0.469 e. The topological polar surface area (TPSA) is 35.5 Å². The molecule has 3 nitrogen and oxygen atoms in total. The van der Waals surface area contributed by atoms with Crippen molar-refractivity contribution >= 4 is 5.97 Å². The first kappa shape index (κ1) is 22.2. The van der Waals surface area contributed by atoms with Gasteiger partial charge in [0.05, 0.1) is 13.7 Å². The summed E-state index contributed by atoms with van der Waals surface area (Å²) in [5.41, 5.74) is 1.46. The summed E-state index contributed by atoms with van der Waals surface area (Å²) in [7, 11) is 3.23. The summed E-state index contributed by atoms with van der Waals surface area (Å²) in [5, 5.41) is 0. The summed E-state index contributed by atoms with van der Waals surface area (Å²) in [6.45, 7) is 3.03.